The van der Waals surface area contributed by atoms with E-state index in [4.69, 9.17) is 4.74 Å². The molecule has 2 aromatic heterocycles. The molecule has 0 aliphatic carbocycles. The van der Waals surface area contributed by atoms with Gasteiger partial charge in [0, 0.05) is 18.3 Å². The Labute approximate surface area is 170 Å². The van der Waals surface area contributed by atoms with Crippen molar-refractivity contribution >= 4 is 11.6 Å². The molecule has 4 rings (SSSR count). The van der Waals surface area contributed by atoms with Crippen LogP contribution in [0.2, 0.25) is 0 Å². The van der Waals surface area contributed by atoms with Gasteiger partial charge in [0.25, 0.3) is 5.91 Å². The number of nitrogens with zero attached hydrogens (tertiary/aromatic N) is 5. The Bertz CT molecular complexity index is 1060. The lowest BCUT2D eigenvalue weighted by Gasteiger charge is -2.29. The molecule has 0 bridgehead atoms. The summed E-state index contributed by atoms with van der Waals surface area (Å²) in [5, 5.41) is 4.42. The zero-order chi connectivity index (χ0) is 20.5. The van der Waals surface area contributed by atoms with E-state index in [1.54, 1.807) is 16.9 Å². The highest BCUT2D eigenvalue weighted by Crippen LogP contribution is 2.30. The number of aromatic nitrogens is 4. The smallest absolute Gasteiger partial charge is 0.261 e. The molecule has 0 fully saturated rings. The molecular weight excluding hydrogens is 366 g/mol. The van der Waals surface area contributed by atoms with Crippen molar-refractivity contribution in [1.82, 2.24) is 19.7 Å². The van der Waals surface area contributed by atoms with Crippen LogP contribution in [0.4, 0.5) is 5.69 Å². The summed E-state index contributed by atoms with van der Waals surface area (Å²) < 4.78 is 7.30. The number of amides is 1. The topological polar surface area (TPSA) is 73.1 Å². The number of carbonyl (C=O) groups excluding carboxylic acids is 1. The number of anilines is 1. The highest BCUT2D eigenvalue weighted by atomic mass is 16.5. The molecule has 0 radical (unpaired) electrons. The maximum Gasteiger partial charge on any atom is 0.261 e. The fourth-order valence-corrected chi connectivity index (χ4v) is 3.68. The van der Waals surface area contributed by atoms with Gasteiger partial charge in [0.2, 0.25) is 5.88 Å². The third-order valence-corrected chi connectivity index (χ3v) is 5.04. The second-order valence-electron chi connectivity index (χ2n) is 7.63. The van der Waals surface area contributed by atoms with Crippen LogP contribution in [0.1, 0.15) is 47.4 Å². The molecule has 29 heavy (non-hydrogen) atoms. The number of aryl methyl sites for hydroxylation is 2. The van der Waals surface area contributed by atoms with E-state index in [2.05, 4.69) is 34.1 Å². The average Bonchev–Trinajstić information content (AvgIpc) is 3.08. The standard InChI is InChI=1S/C22H25N5O2/c1-14(2)29-21-11-20(23-13-24-21)27-16(4)18(12-25-27)22(28)26-9-5-6-17-10-15(3)7-8-19(17)26/h7-8,10-14H,5-6,9H2,1-4H3. The van der Waals surface area contributed by atoms with Crippen molar-refractivity contribution < 1.29 is 9.53 Å². The first-order chi connectivity index (χ1) is 13.9. The molecule has 0 unspecified atom stereocenters. The van der Waals surface area contributed by atoms with Gasteiger partial charge in [-0.2, -0.15) is 5.10 Å². The molecule has 0 N–H and O–H groups in total. The Balaban J connectivity index is 1.65. The van der Waals surface area contributed by atoms with Crippen molar-refractivity contribution in [2.24, 2.45) is 0 Å². The van der Waals surface area contributed by atoms with Gasteiger partial charge in [-0.15, -0.1) is 0 Å². The SMILES string of the molecule is Cc1ccc2c(c1)CCCN2C(=O)c1cnn(-c2cc(OC(C)C)ncn2)c1C. The highest BCUT2D eigenvalue weighted by Gasteiger charge is 2.26. The Morgan fingerprint density at radius 3 is 2.79 bits per heavy atom. The van der Waals surface area contributed by atoms with Crippen LogP contribution < -0.4 is 9.64 Å². The Hall–Kier alpha value is -3.22. The van der Waals surface area contributed by atoms with Crippen molar-refractivity contribution in [2.75, 3.05) is 11.4 Å². The number of carbonyl (C=O) groups is 1. The molecule has 0 spiro atoms. The predicted molar refractivity (Wildman–Crippen MR) is 111 cm³/mol. The van der Waals surface area contributed by atoms with Crippen LogP contribution in [0.15, 0.2) is 36.8 Å². The van der Waals surface area contributed by atoms with Gasteiger partial charge < -0.3 is 9.64 Å². The van der Waals surface area contributed by atoms with Crippen LogP contribution in [0.5, 0.6) is 5.88 Å². The lowest BCUT2D eigenvalue weighted by atomic mass is 9.99. The molecule has 0 saturated heterocycles. The molecule has 1 amide bonds. The van der Waals surface area contributed by atoms with E-state index in [9.17, 15) is 4.79 Å². The number of benzene rings is 1. The third-order valence-electron chi connectivity index (χ3n) is 5.04. The van der Waals surface area contributed by atoms with Crippen molar-refractivity contribution in [3.63, 3.8) is 0 Å². The van der Waals surface area contributed by atoms with Crippen molar-refractivity contribution in [2.45, 2.75) is 46.6 Å². The molecule has 3 heterocycles. The van der Waals surface area contributed by atoms with Crippen LogP contribution in [0.3, 0.4) is 0 Å². The summed E-state index contributed by atoms with van der Waals surface area (Å²) >= 11 is 0. The van der Waals surface area contributed by atoms with E-state index in [0.29, 0.717) is 23.8 Å². The summed E-state index contributed by atoms with van der Waals surface area (Å²) in [4.78, 5) is 23.6. The van der Waals surface area contributed by atoms with Gasteiger partial charge in [-0.1, -0.05) is 17.7 Å². The molecule has 3 aromatic rings. The normalized spacial score (nSPS) is 13.5. The van der Waals surface area contributed by atoms with Gasteiger partial charge >= 0.3 is 0 Å². The number of hydrogen-bond donors (Lipinski definition) is 0. The summed E-state index contributed by atoms with van der Waals surface area (Å²) in [5.41, 5.74) is 4.74. The fraction of sp³-hybridized carbons (Fsp3) is 0.364. The van der Waals surface area contributed by atoms with Crippen LogP contribution in [-0.4, -0.2) is 38.3 Å². The molecule has 0 atom stereocenters. The number of ether oxygens (including phenoxy) is 1. The van der Waals surface area contributed by atoms with Crippen molar-refractivity contribution in [3.8, 4) is 11.7 Å². The lowest BCUT2D eigenvalue weighted by Crippen LogP contribution is -2.35. The van der Waals surface area contributed by atoms with Gasteiger partial charge in [-0.3, -0.25) is 4.79 Å². The average molecular weight is 391 g/mol. The Kier molecular flexibility index (Phi) is 5.05. The quantitative estimate of drug-likeness (QED) is 0.679. The van der Waals surface area contributed by atoms with Crippen LogP contribution in [0.25, 0.3) is 5.82 Å². The van der Waals surface area contributed by atoms with Crippen molar-refractivity contribution in [3.05, 3.63) is 59.2 Å². The van der Waals surface area contributed by atoms with E-state index in [1.807, 2.05) is 31.7 Å². The number of fused-ring (bicyclic) bond motifs is 1. The first-order valence-corrected chi connectivity index (χ1v) is 9.89. The van der Waals surface area contributed by atoms with Gasteiger partial charge in [-0.25, -0.2) is 14.6 Å². The summed E-state index contributed by atoms with van der Waals surface area (Å²) in [6.45, 7) is 8.55. The van der Waals surface area contributed by atoms with Crippen molar-refractivity contribution in [1.29, 1.82) is 0 Å². The van der Waals surface area contributed by atoms with Crippen LogP contribution in [0, 0.1) is 13.8 Å². The van der Waals surface area contributed by atoms with E-state index in [0.717, 1.165) is 24.2 Å². The molecule has 7 nitrogen and oxygen atoms in total. The zero-order valence-corrected chi connectivity index (χ0v) is 17.2. The van der Waals surface area contributed by atoms with Crippen LogP contribution >= 0.6 is 0 Å². The minimum Gasteiger partial charge on any atom is -0.475 e. The fourth-order valence-electron chi connectivity index (χ4n) is 3.68. The van der Waals surface area contributed by atoms with Gasteiger partial charge in [-0.05, 0) is 52.2 Å². The second kappa shape index (κ2) is 7.66. The predicted octanol–water partition coefficient (Wildman–Crippen LogP) is 3.66. The van der Waals surface area contributed by atoms with Gasteiger partial charge in [0.05, 0.1) is 23.6 Å². The first kappa shape index (κ1) is 19.1. The maximum atomic E-state index is 13.3. The van der Waals surface area contributed by atoms with E-state index >= 15 is 0 Å². The summed E-state index contributed by atoms with van der Waals surface area (Å²) in [7, 11) is 0. The minimum atomic E-state index is -0.0359. The molecule has 150 valence electrons. The molecule has 7 heteroatoms. The molecular formula is C22H25N5O2. The number of rotatable bonds is 4. The molecule has 1 aliphatic heterocycles. The maximum absolute atomic E-state index is 13.3. The monoisotopic (exact) mass is 391 g/mol. The summed E-state index contributed by atoms with van der Waals surface area (Å²) in [5.74, 6) is 1.02. The van der Waals surface area contributed by atoms with Gasteiger partial charge in [0.15, 0.2) is 5.82 Å². The second-order valence-corrected chi connectivity index (χ2v) is 7.63. The Morgan fingerprint density at radius 1 is 1.17 bits per heavy atom. The largest absolute Gasteiger partial charge is 0.475 e. The van der Waals surface area contributed by atoms with Crippen LogP contribution in [-0.2, 0) is 6.42 Å². The highest BCUT2D eigenvalue weighted by molar-refractivity contribution is 6.07. The third kappa shape index (κ3) is 3.72. The van der Waals surface area contributed by atoms with Gasteiger partial charge in [0.1, 0.15) is 6.33 Å². The minimum absolute atomic E-state index is 0.0106. The molecule has 0 saturated carbocycles. The van der Waals surface area contributed by atoms with E-state index in [-0.39, 0.29) is 12.0 Å². The Morgan fingerprint density at radius 2 is 2.00 bits per heavy atom. The molecule has 1 aromatic carbocycles. The summed E-state index contributed by atoms with van der Waals surface area (Å²) in [6.07, 6.45) is 5.02. The lowest BCUT2D eigenvalue weighted by molar-refractivity contribution is 0.0984. The van der Waals surface area contributed by atoms with E-state index in [1.165, 1.54) is 17.5 Å². The molecule has 1 aliphatic rings. The number of hydrogen-bond acceptors (Lipinski definition) is 5. The zero-order valence-electron chi connectivity index (χ0n) is 17.2. The first-order valence-electron chi connectivity index (χ1n) is 9.89. The summed E-state index contributed by atoms with van der Waals surface area (Å²) in [6, 6.07) is 7.99. The van der Waals surface area contributed by atoms with E-state index < -0.39 is 0 Å².